The molecule has 2 fully saturated rings. The Morgan fingerprint density at radius 2 is 2.23 bits per heavy atom. The maximum absolute atomic E-state index is 12.9. The van der Waals surface area contributed by atoms with Gasteiger partial charge in [-0.05, 0) is 7.05 Å². The molecule has 2 aromatic heterocycles. The van der Waals surface area contributed by atoms with E-state index in [1.165, 1.54) is 17.6 Å². The van der Waals surface area contributed by atoms with Crippen LogP contribution in [0.3, 0.4) is 0 Å². The fourth-order valence-electron chi connectivity index (χ4n) is 4.10. The van der Waals surface area contributed by atoms with Crippen molar-refractivity contribution in [2.75, 3.05) is 32.6 Å². The minimum atomic E-state index is -0.969. The zero-order valence-corrected chi connectivity index (χ0v) is 16.7. The molecule has 4 rings (SSSR count). The van der Waals surface area contributed by atoms with Crippen LogP contribution in [0.2, 0.25) is 0 Å². The van der Waals surface area contributed by atoms with Crippen LogP contribution in [0.5, 0.6) is 0 Å². The third-order valence-electron chi connectivity index (χ3n) is 5.77. The molecular formula is C18H25N7O5. The lowest BCUT2D eigenvalue weighted by molar-refractivity contribution is -0.165. The average molecular weight is 419 g/mol. The lowest BCUT2D eigenvalue weighted by Gasteiger charge is -2.43. The third-order valence-corrected chi connectivity index (χ3v) is 5.77. The molecule has 0 aliphatic carbocycles. The van der Waals surface area contributed by atoms with Gasteiger partial charge in [0.1, 0.15) is 29.8 Å². The summed E-state index contributed by atoms with van der Waals surface area (Å²) in [5.74, 6) is 0.193. The number of ketones is 1. The summed E-state index contributed by atoms with van der Waals surface area (Å²) in [4.78, 5) is 43.0. The first-order valence-electron chi connectivity index (χ1n) is 9.72. The highest BCUT2D eigenvalue weighted by molar-refractivity contribution is 5.93. The highest BCUT2D eigenvalue weighted by Crippen LogP contribution is 2.27. The molecule has 0 unspecified atom stereocenters. The van der Waals surface area contributed by atoms with Crippen LogP contribution in [0, 0.1) is 0 Å². The summed E-state index contributed by atoms with van der Waals surface area (Å²) < 4.78 is 5.89. The van der Waals surface area contributed by atoms with E-state index in [1.807, 2.05) is 0 Å². The quantitative estimate of drug-likeness (QED) is 0.442. The van der Waals surface area contributed by atoms with Crippen LogP contribution in [0.1, 0.15) is 12.8 Å². The maximum atomic E-state index is 12.9. The van der Waals surface area contributed by atoms with Gasteiger partial charge >= 0.3 is 0 Å². The molecule has 0 spiro atoms. The molecule has 0 aromatic carbocycles. The fourth-order valence-corrected chi connectivity index (χ4v) is 4.10. The summed E-state index contributed by atoms with van der Waals surface area (Å²) in [7, 11) is 3.34. The molecule has 30 heavy (non-hydrogen) atoms. The summed E-state index contributed by atoms with van der Waals surface area (Å²) in [6, 6.07) is -1.08. The van der Waals surface area contributed by atoms with Crippen LogP contribution in [0.4, 0.5) is 5.82 Å². The van der Waals surface area contributed by atoms with Crippen molar-refractivity contribution in [2.24, 2.45) is 0 Å². The smallest absolute Gasteiger partial charge is 0.240 e. The summed E-state index contributed by atoms with van der Waals surface area (Å²) in [5.41, 5.74) is 1.03. The second kappa shape index (κ2) is 8.22. The fraction of sp³-hybridized carbons (Fsp3) is 0.611. The molecule has 2 saturated heterocycles. The lowest BCUT2D eigenvalue weighted by atomic mass is 9.96. The Bertz CT molecular complexity index is 937. The maximum Gasteiger partial charge on any atom is 0.240 e. The zero-order valence-electron chi connectivity index (χ0n) is 16.7. The standard InChI is InChI=1S/C18H25N7O5/c1-24-5-9(27)3-11(24)18(29)25(2)10-4-12(28)17(30-13(10)6-26)23-16-14-15(20-7-19-14)21-8-22-16/h7-8,10-13,17,26,28H,3-6H2,1-2H3,(H2,19,20,21,22,23)/t10-,11-,12+,13+,17+/m1/s1. The number of carbonyl (C=O) groups is 2. The third kappa shape index (κ3) is 3.74. The SMILES string of the molecule is CN1CC(=O)C[C@@H]1C(=O)N(C)[C@@H]1C[C@H](O)[C@@H](Nc2ncnc3nc[nH]c23)O[C@H]1CO. The van der Waals surface area contributed by atoms with Crippen LogP contribution < -0.4 is 5.32 Å². The molecule has 12 nitrogen and oxygen atoms in total. The Morgan fingerprint density at radius 1 is 1.43 bits per heavy atom. The van der Waals surface area contributed by atoms with Gasteiger partial charge in [-0.25, -0.2) is 15.0 Å². The Hall–Kier alpha value is -2.67. The van der Waals surface area contributed by atoms with E-state index in [0.717, 1.165) is 0 Å². The van der Waals surface area contributed by atoms with Crippen LogP contribution in [0.25, 0.3) is 11.2 Å². The summed E-state index contributed by atoms with van der Waals surface area (Å²) in [6.45, 7) is -0.0969. The summed E-state index contributed by atoms with van der Waals surface area (Å²) >= 11 is 0. The number of likely N-dealkylation sites (tertiary alicyclic amines) is 1. The molecule has 4 N–H and O–H groups in total. The Balaban J connectivity index is 1.47. The number of aromatic nitrogens is 4. The van der Waals surface area contributed by atoms with Crippen molar-refractivity contribution in [3.05, 3.63) is 12.7 Å². The molecule has 0 radical (unpaired) electrons. The normalized spacial score (nSPS) is 30.0. The number of rotatable bonds is 5. The molecule has 2 aromatic rings. The van der Waals surface area contributed by atoms with Crippen molar-refractivity contribution in [3.8, 4) is 0 Å². The number of nitrogens with one attached hydrogen (secondary N) is 2. The highest BCUT2D eigenvalue weighted by atomic mass is 16.5. The van der Waals surface area contributed by atoms with E-state index >= 15 is 0 Å². The van der Waals surface area contributed by atoms with Gasteiger partial charge < -0.3 is 30.2 Å². The number of aliphatic hydroxyl groups is 2. The van der Waals surface area contributed by atoms with Gasteiger partial charge in [0.05, 0.1) is 31.6 Å². The highest BCUT2D eigenvalue weighted by Gasteiger charge is 2.43. The van der Waals surface area contributed by atoms with Gasteiger partial charge in [-0.3, -0.25) is 14.5 Å². The number of carbonyl (C=O) groups excluding carboxylic acids is 2. The number of likely N-dealkylation sites (N-methyl/N-ethyl adjacent to an activating group) is 2. The van der Waals surface area contributed by atoms with Crippen LogP contribution in [-0.4, -0.2) is 109 Å². The van der Waals surface area contributed by atoms with Crippen molar-refractivity contribution in [1.82, 2.24) is 29.7 Å². The minimum Gasteiger partial charge on any atom is -0.394 e. The number of H-pyrrole nitrogens is 1. The minimum absolute atomic E-state index is 0.0159. The topological polar surface area (TPSA) is 157 Å². The van der Waals surface area contributed by atoms with Crippen molar-refractivity contribution in [2.45, 2.75) is 43.4 Å². The Labute approximate surface area is 172 Å². The summed E-state index contributed by atoms with van der Waals surface area (Å²) in [5, 5.41) is 23.6. The number of amides is 1. The number of imidazole rings is 1. The van der Waals surface area contributed by atoms with Gasteiger partial charge in [-0.2, -0.15) is 0 Å². The first-order chi connectivity index (χ1) is 14.4. The predicted molar refractivity (Wildman–Crippen MR) is 104 cm³/mol. The molecule has 1 amide bonds. The van der Waals surface area contributed by atoms with Crippen LogP contribution in [0.15, 0.2) is 12.7 Å². The van der Waals surface area contributed by atoms with Crippen LogP contribution in [-0.2, 0) is 14.3 Å². The Morgan fingerprint density at radius 3 is 2.93 bits per heavy atom. The number of aliphatic hydroxyl groups excluding tert-OH is 2. The van der Waals surface area contributed by atoms with Gasteiger partial charge in [-0.1, -0.05) is 0 Å². The van der Waals surface area contributed by atoms with Crippen molar-refractivity contribution in [3.63, 3.8) is 0 Å². The molecular weight excluding hydrogens is 394 g/mol. The summed E-state index contributed by atoms with van der Waals surface area (Å²) in [6.07, 6.45) is 0.647. The molecule has 0 bridgehead atoms. The lowest BCUT2D eigenvalue weighted by Crippen LogP contribution is -2.59. The number of Topliss-reactive ketones (excluding diaryl/α,β-unsaturated/α-hetero) is 1. The van der Waals surface area contributed by atoms with E-state index in [4.69, 9.17) is 4.74 Å². The van der Waals surface area contributed by atoms with Gasteiger partial charge in [0.25, 0.3) is 0 Å². The number of aromatic amines is 1. The second-order valence-corrected chi connectivity index (χ2v) is 7.74. The van der Waals surface area contributed by atoms with Gasteiger partial charge in [0.15, 0.2) is 17.7 Å². The molecule has 5 atom stereocenters. The molecule has 4 heterocycles. The van der Waals surface area contributed by atoms with Crippen LogP contribution >= 0.6 is 0 Å². The molecule has 2 aliphatic heterocycles. The average Bonchev–Trinajstić information content (AvgIpc) is 3.34. The van der Waals surface area contributed by atoms with Gasteiger partial charge in [0, 0.05) is 19.9 Å². The van der Waals surface area contributed by atoms with E-state index in [1.54, 1.807) is 19.0 Å². The second-order valence-electron chi connectivity index (χ2n) is 7.74. The van der Waals surface area contributed by atoms with E-state index in [2.05, 4.69) is 25.3 Å². The van der Waals surface area contributed by atoms with Crippen molar-refractivity contribution in [1.29, 1.82) is 0 Å². The van der Waals surface area contributed by atoms with E-state index in [0.29, 0.717) is 17.0 Å². The number of hydrogen-bond acceptors (Lipinski definition) is 10. The van der Waals surface area contributed by atoms with Gasteiger partial charge in [0.2, 0.25) is 5.91 Å². The number of ether oxygens (including phenoxy) is 1. The largest absolute Gasteiger partial charge is 0.394 e. The molecule has 12 heteroatoms. The van der Waals surface area contributed by atoms with E-state index in [9.17, 15) is 19.8 Å². The van der Waals surface area contributed by atoms with Crippen molar-refractivity contribution >= 4 is 28.7 Å². The first-order valence-corrected chi connectivity index (χ1v) is 9.72. The Kier molecular flexibility index (Phi) is 5.64. The molecule has 0 saturated carbocycles. The monoisotopic (exact) mass is 419 g/mol. The van der Waals surface area contributed by atoms with E-state index in [-0.39, 0.29) is 37.7 Å². The van der Waals surface area contributed by atoms with E-state index < -0.39 is 30.5 Å². The predicted octanol–water partition coefficient (Wildman–Crippen LogP) is -1.67. The molecule has 2 aliphatic rings. The van der Waals surface area contributed by atoms with Crippen molar-refractivity contribution < 1.29 is 24.5 Å². The first kappa shape index (κ1) is 20.6. The number of anilines is 1. The number of fused-ring (bicyclic) bond motifs is 1. The molecule has 162 valence electrons. The number of nitrogens with zero attached hydrogens (tertiary/aromatic N) is 5. The zero-order chi connectivity index (χ0) is 21.4. The number of hydrogen-bond donors (Lipinski definition) is 4. The van der Waals surface area contributed by atoms with Gasteiger partial charge in [-0.15, -0.1) is 0 Å².